The van der Waals surface area contributed by atoms with Crippen molar-refractivity contribution in [2.45, 2.75) is 26.2 Å². The van der Waals surface area contributed by atoms with Crippen LogP contribution in [-0.2, 0) is 16.0 Å². The Bertz CT molecular complexity index is 470. The van der Waals surface area contributed by atoms with E-state index in [2.05, 4.69) is 22.0 Å². The molecule has 5 heteroatoms. The summed E-state index contributed by atoms with van der Waals surface area (Å²) >= 11 is 0. The Morgan fingerprint density at radius 1 is 1.41 bits per heavy atom. The van der Waals surface area contributed by atoms with Crippen LogP contribution >= 0.6 is 0 Å². The number of carbonyl (C=O) groups excluding carboxylic acids is 1. The minimum Gasteiger partial charge on any atom is -0.384 e. The van der Waals surface area contributed by atoms with Gasteiger partial charge in [-0.3, -0.25) is 9.78 Å². The number of carbonyl (C=O) groups is 1. The Balaban J connectivity index is 1.88. The second-order valence-electron chi connectivity index (χ2n) is 6.37. The molecule has 5 nitrogen and oxygen atoms in total. The molecule has 122 valence electrons. The first-order valence-electron chi connectivity index (χ1n) is 7.97. The van der Waals surface area contributed by atoms with E-state index < -0.39 is 0 Å². The number of piperidine rings is 1. The van der Waals surface area contributed by atoms with Crippen LogP contribution in [0.5, 0.6) is 0 Å². The summed E-state index contributed by atoms with van der Waals surface area (Å²) in [6.45, 7) is 5.57. The first kappa shape index (κ1) is 16.9. The van der Waals surface area contributed by atoms with Gasteiger partial charge in [-0.15, -0.1) is 0 Å². The van der Waals surface area contributed by atoms with Crippen LogP contribution in [0.1, 0.15) is 25.3 Å². The summed E-state index contributed by atoms with van der Waals surface area (Å²) in [5.74, 6) is -0.364. The topological polar surface area (TPSA) is 68.5 Å². The van der Waals surface area contributed by atoms with Crippen LogP contribution < -0.4 is 5.73 Å². The van der Waals surface area contributed by atoms with Crippen LogP contribution in [-0.4, -0.2) is 49.1 Å². The SMILES string of the molecule is COCC1(C(C)C(N)=O)CCN(CCc2ccncc2)CC1. The molecule has 0 aliphatic carbocycles. The first-order valence-corrected chi connectivity index (χ1v) is 7.97. The van der Waals surface area contributed by atoms with Crippen molar-refractivity contribution in [2.75, 3.05) is 33.4 Å². The molecule has 0 bridgehead atoms. The van der Waals surface area contributed by atoms with Gasteiger partial charge in [-0.05, 0) is 50.0 Å². The van der Waals surface area contributed by atoms with Gasteiger partial charge >= 0.3 is 0 Å². The molecule has 1 atom stereocenters. The first-order chi connectivity index (χ1) is 10.6. The Kier molecular flexibility index (Phi) is 5.91. The van der Waals surface area contributed by atoms with Crippen molar-refractivity contribution in [2.24, 2.45) is 17.1 Å². The van der Waals surface area contributed by atoms with E-state index in [-0.39, 0.29) is 17.2 Å². The third-order valence-corrected chi connectivity index (χ3v) is 5.10. The van der Waals surface area contributed by atoms with Crippen molar-refractivity contribution in [1.82, 2.24) is 9.88 Å². The maximum atomic E-state index is 11.6. The molecule has 1 aromatic heterocycles. The molecule has 1 aliphatic heterocycles. The van der Waals surface area contributed by atoms with Crippen LogP contribution in [0.3, 0.4) is 0 Å². The minimum absolute atomic E-state index is 0.103. The van der Waals surface area contributed by atoms with Gasteiger partial charge in [-0.1, -0.05) is 6.92 Å². The van der Waals surface area contributed by atoms with Gasteiger partial charge in [0, 0.05) is 37.4 Å². The monoisotopic (exact) mass is 305 g/mol. The normalized spacial score (nSPS) is 19.7. The number of likely N-dealkylation sites (tertiary alicyclic amines) is 1. The highest BCUT2D eigenvalue weighted by atomic mass is 16.5. The van der Waals surface area contributed by atoms with E-state index in [9.17, 15) is 4.79 Å². The third kappa shape index (κ3) is 4.05. The van der Waals surface area contributed by atoms with Gasteiger partial charge in [0.25, 0.3) is 0 Å². The number of hydrogen-bond donors (Lipinski definition) is 1. The lowest BCUT2D eigenvalue weighted by Crippen LogP contribution is -2.49. The number of primary amides is 1. The Morgan fingerprint density at radius 3 is 2.59 bits per heavy atom. The fourth-order valence-electron chi connectivity index (χ4n) is 3.35. The van der Waals surface area contributed by atoms with Gasteiger partial charge in [-0.2, -0.15) is 0 Å². The maximum absolute atomic E-state index is 11.6. The Hall–Kier alpha value is -1.46. The van der Waals surface area contributed by atoms with E-state index in [0.29, 0.717) is 6.61 Å². The minimum atomic E-state index is -0.220. The zero-order chi connectivity index (χ0) is 16.0. The highest BCUT2D eigenvalue weighted by molar-refractivity contribution is 5.77. The van der Waals surface area contributed by atoms with Gasteiger partial charge in [0.15, 0.2) is 0 Å². The fraction of sp³-hybridized carbons (Fsp3) is 0.647. The summed E-state index contributed by atoms with van der Waals surface area (Å²) in [6.07, 6.45) is 6.63. The number of nitrogens with two attached hydrogens (primary N) is 1. The lowest BCUT2D eigenvalue weighted by Gasteiger charge is -2.44. The molecule has 0 saturated carbocycles. The third-order valence-electron chi connectivity index (χ3n) is 5.10. The van der Waals surface area contributed by atoms with Crippen LogP contribution in [0.25, 0.3) is 0 Å². The van der Waals surface area contributed by atoms with E-state index in [4.69, 9.17) is 10.5 Å². The molecule has 0 aromatic carbocycles. The molecular formula is C17H27N3O2. The van der Waals surface area contributed by atoms with E-state index >= 15 is 0 Å². The van der Waals surface area contributed by atoms with Crippen LogP contribution in [0.15, 0.2) is 24.5 Å². The Morgan fingerprint density at radius 2 is 2.05 bits per heavy atom. The fourth-order valence-corrected chi connectivity index (χ4v) is 3.35. The molecule has 1 aliphatic rings. The molecular weight excluding hydrogens is 278 g/mol. The second-order valence-corrected chi connectivity index (χ2v) is 6.37. The van der Waals surface area contributed by atoms with Crippen molar-refractivity contribution >= 4 is 5.91 Å². The van der Waals surface area contributed by atoms with Crippen molar-refractivity contribution in [3.8, 4) is 0 Å². The molecule has 2 rings (SSSR count). The highest BCUT2D eigenvalue weighted by Crippen LogP contribution is 2.39. The van der Waals surface area contributed by atoms with Gasteiger partial charge in [0.05, 0.1) is 6.61 Å². The molecule has 1 amide bonds. The molecule has 22 heavy (non-hydrogen) atoms. The number of amides is 1. The molecule has 1 unspecified atom stereocenters. The van der Waals surface area contributed by atoms with E-state index in [1.54, 1.807) is 7.11 Å². The summed E-state index contributed by atoms with van der Waals surface area (Å²) in [7, 11) is 1.70. The quantitative estimate of drug-likeness (QED) is 0.828. The average Bonchev–Trinajstić information content (AvgIpc) is 2.54. The number of ether oxygens (including phenoxy) is 1. The van der Waals surface area contributed by atoms with Crippen molar-refractivity contribution < 1.29 is 9.53 Å². The molecule has 1 fully saturated rings. The molecule has 1 saturated heterocycles. The molecule has 0 radical (unpaired) electrons. The second kappa shape index (κ2) is 7.70. The summed E-state index contributed by atoms with van der Waals surface area (Å²) in [4.78, 5) is 18.1. The number of nitrogens with zero attached hydrogens (tertiary/aromatic N) is 2. The van der Waals surface area contributed by atoms with Gasteiger partial charge in [-0.25, -0.2) is 0 Å². The summed E-state index contributed by atoms with van der Waals surface area (Å²) in [5, 5.41) is 0. The van der Waals surface area contributed by atoms with Gasteiger partial charge in [0.2, 0.25) is 5.91 Å². The van der Waals surface area contributed by atoms with Crippen molar-refractivity contribution in [3.05, 3.63) is 30.1 Å². The predicted molar refractivity (Wildman–Crippen MR) is 86.3 cm³/mol. The predicted octanol–water partition coefficient (Wildman–Crippen LogP) is 1.47. The van der Waals surface area contributed by atoms with E-state index in [1.807, 2.05) is 19.3 Å². The van der Waals surface area contributed by atoms with Crippen LogP contribution in [0.2, 0.25) is 0 Å². The Labute approximate surface area is 132 Å². The maximum Gasteiger partial charge on any atom is 0.220 e. The van der Waals surface area contributed by atoms with Crippen molar-refractivity contribution in [3.63, 3.8) is 0 Å². The molecule has 0 spiro atoms. The van der Waals surface area contributed by atoms with E-state index in [1.165, 1.54) is 5.56 Å². The number of methoxy groups -OCH3 is 1. The number of rotatable bonds is 7. The van der Waals surface area contributed by atoms with Gasteiger partial charge in [0.1, 0.15) is 0 Å². The van der Waals surface area contributed by atoms with Crippen molar-refractivity contribution in [1.29, 1.82) is 0 Å². The average molecular weight is 305 g/mol. The molecule has 1 aromatic rings. The number of pyridine rings is 1. The number of aromatic nitrogens is 1. The standard InChI is InChI=1S/C17H27N3O2/c1-14(16(18)21)17(13-22-2)6-11-20(12-7-17)10-5-15-3-8-19-9-4-15/h3-4,8-9,14H,5-7,10-13H2,1-2H3,(H2,18,21). The lowest BCUT2D eigenvalue weighted by molar-refractivity contribution is -0.129. The van der Waals surface area contributed by atoms with E-state index in [0.717, 1.165) is 38.9 Å². The molecule has 2 heterocycles. The zero-order valence-corrected chi connectivity index (χ0v) is 13.6. The summed E-state index contributed by atoms with van der Waals surface area (Å²) in [6, 6.07) is 4.13. The summed E-state index contributed by atoms with van der Waals surface area (Å²) in [5.41, 5.74) is 6.75. The largest absolute Gasteiger partial charge is 0.384 e. The van der Waals surface area contributed by atoms with Gasteiger partial charge < -0.3 is 15.4 Å². The van der Waals surface area contributed by atoms with Crippen LogP contribution in [0, 0.1) is 11.3 Å². The van der Waals surface area contributed by atoms with Crippen LogP contribution in [0.4, 0.5) is 0 Å². The zero-order valence-electron chi connectivity index (χ0n) is 13.6. The molecule has 2 N–H and O–H groups in total. The highest BCUT2D eigenvalue weighted by Gasteiger charge is 2.41. The number of hydrogen-bond acceptors (Lipinski definition) is 4. The summed E-state index contributed by atoms with van der Waals surface area (Å²) < 4.78 is 5.39. The lowest BCUT2D eigenvalue weighted by atomic mass is 9.69. The smallest absolute Gasteiger partial charge is 0.220 e.